The minimum Gasteiger partial charge on any atom is -0.299 e. The van der Waals surface area contributed by atoms with Gasteiger partial charge in [-0.05, 0) is 48.7 Å². The monoisotopic (exact) mass is 250 g/mol. The second-order valence-electron chi connectivity index (χ2n) is 4.72. The Bertz CT molecular complexity index is 772. The third-order valence-electron chi connectivity index (χ3n) is 3.43. The molecule has 0 amide bonds. The van der Waals surface area contributed by atoms with E-state index in [4.69, 9.17) is 0 Å². The van der Waals surface area contributed by atoms with E-state index in [1.165, 1.54) is 11.1 Å². The van der Waals surface area contributed by atoms with E-state index in [1.54, 1.807) is 6.20 Å². The fourth-order valence-corrected chi connectivity index (χ4v) is 2.22. The summed E-state index contributed by atoms with van der Waals surface area (Å²) in [7, 11) is 0. The van der Waals surface area contributed by atoms with Gasteiger partial charge in [0, 0.05) is 6.20 Å². The summed E-state index contributed by atoms with van der Waals surface area (Å²) in [4.78, 5) is 15.1. The van der Waals surface area contributed by atoms with Gasteiger partial charge in [0.1, 0.15) is 11.3 Å². The summed E-state index contributed by atoms with van der Waals surface area (Å²) in [6.45, 7) is 4.20. The Morgan fingerprint density at radius 2 is 1.95 bits per heavy atom. The quantitative estimate of drug-likeness (QED) is 0.653. The number of aromatic nitrogens is 2. The van der Waals surface area contributed by atoms with E-state index in [9.17, 15) is 4.79 Å². The first-order valence-corrected chi connectivity index (χ1v) is 6.20. The lowest BCUT2D eigenvalue weighted by atomic mass is 10.0. The summed E-state index contributed by atoms with van der Waals surface area (Å²) in [6, 6.07) is 12.3. The highest BCUT2D eigenvalue weighted by molar-refractivity contribution is 5.75. The van der Waals surface area contributed by atoms with Crippen LogP contribution >= 0.6 is 0 Å². The van der Waals surface area contributed by atoms with Gasteiger partial charge in [0.25, 0.3) is 0 Å². The molecule has 1 aromatic carbocycles. The predicted molar refractivity (Wildman–Crippen MR) is 75.5 cm³/mol. The Kier molecular flexibility index (Phi) is 2.67. The number of imidazole rings is 1. The number of benzene rings is 1. The number of fused-ring (bicyclic) bond motifs is 1. The highest BCUT2D eigenvalue weighted by Crippen LogP contribution is 2.23. The van der Waals surface area contributed by atoms with E-state index in [0.717, 1.165) is 23.2 Å². The van der Waals surface area contributed by atoms with E-state index >= 15 is 0 Å². The maximum absolute atomic E-state index is 10.8. The lowest BCUT2D eigenvalue weighted by Crippen LogP contribution is -1.91. The molecule has 2 aromatic heterocycles. The number of aryl methyl sites for hydroxylation is 2. The van der Waals surface area contributed by atoms with Crippen molar-refractivity contribution in [3.63, 3.8) is 0 Å². The fourth-order valence-electron chi connectivity index (χ4n) is 2.22. The minimum absolute atomic E-state index is 0.455. The first-order valence-electron chi connectivity index (χ1n) is 6.20. The van der Waals surface area contributed by atoms with Crippen LogP contribution in [0.1, 0.15) is 21.6 Å². The first-order chi connectivity index (χ1) is 9.19. The molecule has 94 valence electrons. The van der Waals surface area contributed by atoms with Crippen molar-refractivity contribution in [2.24, 2.45) is 0 Å². The zero-order valence-corrected chi connectivity index (χ0v) is 10.9. The summed E-state index contributed by atoms with van der Waals surface area (Å²) in [5.41, 5.74) is 5.94. The molecule has 3 aromatic rings. The first kappa shape index (κ1) is 11.7. The third kappa shape index (κ3) is 1.93. The van der Waals surface area contributed by atoms with Crippen molar-refractivity contribution in [2.45, 2.75) is 13.8 Å². The van der Waals surface area contributed by atoms with Gasteiger partial charge in [0.05, 0.1) is 5.69 Å². The van der Waals surface area contributed by atoms with Gasteiger partial charge in [-0.3, -0.25) is 9.20 Å². The van der Waals surface area contributed by atoms with Crippen LogP contribution in [0.25, 0.3) is 16.9 Å². The number of hydrogen-bond acceptors (Lipinski definition) is 2. The lowest BCUT2D eigenvalue weighted by Gasteiger charge is -2.08. The summed E-state index contributed by atoms with van der Waals surface area (Å²) >= 11 is 0. The van der Waals surface area contributed by atoms with Crippen molar-refractivity contribution in [1.82, 2.24) is 9.38 Å². The Morgan fingerprint density at radius 1 is 1.11 bits per heavy atom. The number of rotatable bonds is 2. The molecule has 0 atom stereocenters. The summed E-state index contributed by atoms with van der Waals surface area (Å²) < 4.78 is 1.95. The van der Waals surface area contributed by atoms with Crippen molar-refractivity contribution < 1.29 is 4.79 Å². The SMILES string of the molecule is Cc1ccc(-c2cccc3nc(C=O)cn23)cc1C. The molecule has 19 heavy (non-hydrogen) atoms. The molecule has 0 saturated carbocycles. The number of hydrogen-bond donors (Lipinski definition) is 0. The Balaban J connectivity index is 2.26. The molecule has 0 fully saturated rings. The number of pyridine rings is 1. The highest BCUT2D eigenvalue weighted by atomic mass is 16.1. The maximum Gasteiger partial charge on any atom is 0.170 e. The average Bonchev–Trinajstić information content (AvgIpc) is 2.85. The second kappa shape index (κ2) is 4.35. The zero-order valence-electron chi connectivity index (χ0n) is 10.9. The normalized spacial score (nSPS) is 10.8. The van der Waals surface area contributed by atoms with Crippen LogP contribution in [0, 0.1) is 13.8 Å². The van der Waals surface area contributed by atoms with Crippen molar-refractivity contribution in [1.29, 1.82) is 0 Å². The van der Waals surface area contributed by atoms with Gasteiger partial charge in [-0.2, -0.15) is 0 Å². The molecule has 0 N–H and O–H groups in total. The van der Waals surface area contributed by atoms with Crippen molar-refractivity contribution >= 4 is 11.9 Å². The topological polar surface area (TPSA) is 34.4 Å². The van der Waals surface area contributed by atoms with E-state index in [1.807, 2.05) is 22.6 Å². The lowest BCUT2D eigenvalue weighted by molar-refractivity contribution is 0.111. The van der Waals surface area contributed by atoms with E-state index in [-0.39, 0.29) is 0 Å². The van der Waals surface area contributed by atoms with Crippen LogP contribution in [0.5, 0.6) is 0 Å². The van der Waals surface area contributed by atoms with Gasteiger partial charge in [0.2, 0.25) is 0 Å². The van der Waals surface area contributed by atoms with Crippen LogP contribution < -0.4 is 0 Å². The smallest absolute Gasteiger partial charge is 0.170 e. The highest BCUT2D eigenvalue weighted by Gasteiger charge is 2.07. The largest absolute Gasteiger partial charge is 0.299 e. The van der Waals surface area contributed by atoms with Crippen LogP contribution in [0.4, 0.5) is 0 Å². The van der Waals surface area contributed by atoms with Crippen LogP contribution in [0.15, 0.2) is 42.6 Å². The molecule has 0 aliphatic rings. The van der Waals surface area contributed by atoms with Crippen LogP contribution in [-0.2, 0) is 0 Å². The third-order valence-corrected chi connectivity index (χ3v) is 3.43. The summed E-state index contributed by atoms with van der Waals surface area (Å²) in [6.07, 6.45) is 2.55. The van der Waals surface area contributed by atoms with Crippen LogP contribution in [0.2, 0.25) is 0 Å². The van der Waals surface area contributed by atoms with Gasteiger partial charge < -0.3 is 0 Å². The molecular formula is C16H14N2O. The number of aldehydes is 1. The predicted octanol–water partition coefficient (Wildman–Crippen LogP) is 3.43. The van der Waals surface area contributed by atoms with Crippen molar-refractivity contribution in [3.8, 4) is 11.3 Å². The van der Waals surface area contributed by atoms with Crippen LogP contribution in [-0.4, -0.2) is 15.7 Å². The standard InChI is InChI=1S/C16H14N2O/c1-11-6-7-13(8-12(11)2)15-4-3-5-16-17-14(10-19)9-18(15)16/h3-10H,1-2H3. The molecule has 2 heterocycles. The molecule has 3 nitrogen and oxygen atoms in total. The van der Waals surface area contributed by atoms with Crippen LogP contribution in [0.3, 0.4) is 0 Å². The number of nitrogens with zero attached hydrogens (tertiary/aromatic N) is 2. The molecule has 0 saturated heterocycles. The zero-order chi connectivity index (χ0) is 13.4. The van der Waals surface area contributed by atoms with E-state index in [0.29, 0.717) is 5.69 Å². The van der Waals surface area contributed by atoms with Gasteiger partial charge in [-0.15, -0.1) is 0 Å². The van der Waals surface area contributed by atoms with Gasteiger partial charge in [-0.25, -0.2) is 4.98 Å². The van der Waals surface area contributed by atoms with Gasteiger partial charge >= 0.3 is 0 Å². The molecule has 3 rings (SSSR count). The Hall–Kier alpha value is -2.42. The molecule has 0 radical (unpaired) electrons. The fraction of sp³-hybridized carbons (Fsp3) is 0.125. The Labute approximate surface area is 111 Å². The molecular weight excluding hydrogens is 236 g/mol. The molecule has 0 spiro atoms. The van der Waals surface area contributed by atoms with Crippen molar-refractivity contribution in [3.05, 3.63) is 59.4 Å². The average molecular weight is 250 g/mol. The number of carbonyl (C=O) groups excluding carboxylic acids is 1. The van der Waals surface area contributed by atoms with E-state index in [2.05, 4.69) is 37.0 Å². The second-order valence-corrected chi connectivity index (χ2v) is 4.72. The molecule has 0 bridgehead atoms. The molecule has 0 aliphatic carbocycles. The minimum atomic E-state index is 0.455. The van der Waals surface area contributed by atoms with E-state index < -0.39 is 0 Å². The number of carbonyl (C=O) groups is 1. The summed E-state index contributed by atoms with van der Waals surface area (Å²) in [5, 5.41) is 0. The Morgan fingerprint density at radius 3 is 2.68 bits per heavy atom. The molecule has 3 heteroatoms. The summed E-state index contributed by atoms with van der Waals surface area (Å²) in [5.74, 6) is 0. The van der Waals surface area contributed by atoms with Crippen molar-refractivity contribution in [2.75, 3.05) is 0 Å². The van der Waals surface area contributed by atoms with Gasteiger partial charge in [0.15, 0.2) is 6.29 Å². The molecule has 0 unspecified atom stereocenters. The molecule has 0 aliphatic heterocycles. The maximum atomic E-state index is 10.8. The van der Waals surface area contributed by atoms with Gasteiger partial charge in [-0.1, -0.05) is 18.2 Å².